The van der Waals surface area contributed by atoms with E-state index in [1.54, 1.807) is 14.2 Å². The van der Waals surface area contributed by atoms with E-state index in [9.17, 15) is 0 Å². The Bertz CT molecular complexity index is 498. The van der Waals surface area contributed by atoms with Gasteiger partial charge in [0, 0.05) is 27.3 Å². The average Bonchev–Trinajstić information content (AvgIpc) is 2.44. The lowest BCUT2D eigenvalue weighted by atomic mass is 10.3. The molecule has 0 amide bonds. The molecule has 0 aliphatic heterocycles. The first-order valence-electron chi connectivity index (χ1n) is 5.74. The van der Waals surface area contributed by atoms with Gasteiger partial charge in [-0.3, -0.25) is 0 Å². The smallest absolute Gasteiger partial charge is 0.150 e. The van der Waals surface area contributed by atoms with E-state index in [0.717, 1.165) is 0 Å². The molecule has 0 N–H and O–H groups in total. The van der Waals surface area contributed by atoms with Gasteiger partial charge in [-0.1, -0.05) is 34.8 Å². The van der Waals surface area contributed by atoms with Crippen LogP contribution in [0.3, 0.4) is 0 Å². The fraction of sp³-hybridized carbons (Fsp3) is 0.500. The summed E-state index contributed by atoms with van der Waals surface area (Å²) < 4.78 is 10.1. The molecule has 0 fully saturated rings. The Morgan fingerprint density at radius 3 is 2.10 bits per heavy atom. The Kier molecular flexibility index (Phi) is 7.35. The van der Waals surface area contributed by atoms with Crippen LogP contribution in [-0.4, -0.2) is 45.5 Å². The summed E-state index contributed by atoms with van der Waals surface area (Å²) in [6.45, 7) is 2.06. The van der Waals surface area contributed by atoms with Gasteiger partial charge in [0.05, 0.1) is 18.2 Å². The minimum atomic E-state index is 0.0248. The molecule has 0 aliphatic carbocycles. The molecule has 0 aliphatic rings. The first kappa shape index (κ1) is 17.3. The standard InChI is InChI=1S/C12H14Cl3N3O2/c1-19-5-3-18(4-6-20-2)12-10(14)9(13)8(7-16)11(15)17-12/h3-6H2,1-2H3. The molecule has 0 atom stereocenters. The topological polar surface area (TPSA) is 58.4 Å². The van der Waals surface area contributed by atoms with Crippen molar-refractivity contribution in [2.75, 3.05) is 45.4 Å². The number of halogens is 3. The summed E-state index contributed by atoms with van der Waals surface area (Å²) in [4.78, 5) is 5.99. The van der Waals surface area contributed by atoms with Crippen molar-refractivity contribution in [3.05, 3.63) is 20.8 Å². The van der Waals surface area contributed by atoms with Crippen LogP contribution in [0, 0.1) is 11.3 Å². The minimum Gasteiger partial charge on any atom is -0.383 e. The molecule has 1 aromatic rings. The fourth-order valence-corrected chi connectivity index (χ4v) is 2.27. The molecule has 0 saturated heterocycles. The monoisotopic (exact) mass is 337 g/mol. The van der Waals surface area contributed by atoms with Crippen LogP contribution in [0.2, 0.25) is 15.2 Å². The maximum absolute atomic E-state index is 8.96. The van der Waals surface area contributed by atoms with Gasteiger partial charge in [0.25, 0.3) is 0 Å². The summed E-state index contributed by atoms with van der Waals surface area (Å²) in [5.74, 6) is 0.412. The molecule has 5 nitrogen and oxygen atoms in total. The Labute approximate surface area is 132 Å². The zero-order valence-corrected chi connectivity index (χ0v) is 13.4. The second kappa shape index (κ2) is 8.50. The van der Waals surface area contributed by atoms with Crippen LogP contribution >= 0.6 is 34.8 Å². The van der Waals surface area contributed by atoms with Gasteiger partial charge >= 0.3 is 0 Å². The van der Waals surface area contributed by atoms with Crippen LogP contribution in [0.1, 0.15) is 5.56 Å². The van der Waals surface area contributed by atoms with E-state index in [1.807, 2.05) is 11.0 Å². The van der Waals surface area contributed by atoms with Crippen molar-refractivity contribution in [2.24, 2.45) is 0 Å². The van der Waals surface area contributed by atoms with Crippen molar-refractivity contribution in [1.29, 1.82) is 5.26 Å². The highest BCUT2D eigenvalue weighted by Gasteiger charge is 2.20. The van der Waals surface area contributed by atoms with Crippen molar-refractivity contribution in [1.82, 2.24) is 4.98 Å². The first-order valence-corrected chi connectivity index (χ1v) is 6.87. The Hall–Kier alpha value is -0.770. The fourth-order valence-electron chi connectivity index (χ4n) is 1.53. The number of hydrogen-bond donors (Lipinski definition) is 0. The maximum Gasteiger partial charge on any atom is 0.150 e. The third-order valence-corrected chi connectivity index (χ3v) is 3.67. The minimum absolute atomic E-state index is 0.0248. The van der Waals surface area contributed by atoms with Crippen LogP contribution < -0.4 is 4.90 Å². The predicted molar refractivity (Wildman–Crippen MR) is 79.9 cm³/mol. The zero-order valence-electron chi connectivity index (χ0n) is 11.1. The summed E-state index contributed by atoms with van der Waals surface area (Å²) in [6.07, 6.45) is 0. The lowest BCUT2D eigenvalue weighted by Crippen LogP contribution is -2.31. The molecule has 0 radical (unpaired) electrons. The van der Waals surface area contributed by atoms with E-state index in [0.29, 0.717) is 32.1 Å². The van der Waals surface area contributed by atoms with Gasteiger partial charge in [-0.2, -0.15) is 5.26 Å². The average molecular weight is 339 g/mol. The second-order valence-corrected chi connectivity index (χ2v) is 4.93. The lowest BCUT2D eigenvalue weighted by molar-refractivity contribution is 0.190. The van der Waals surface area contributed by atoms with Gasteiger partial charge in [0.1, 0.15) is 16.7 Å². The molecule has 0 aromatic carbocycles. The summed E-state index contributed by atoms with van der Waals surface area (Å²) in [7, 11) is 3.20. The number of anilines is 1. The largest absolute Gasteiger partial charge is 0.383 e. The second-order valence-electron chi connectivity index (χ2n) is 3.81. The van der Waals surface area contributed by atoms with Crippen molar-refractivity contribution < 1.29 is 9.47 Å². The van der Waals surface area contributed by atoms with Crippen LogP contribution in [-0.2, 0) is 9.47 Å². The van der Waals surface area contributed by atoms with Gasteiger partial charge in [-0.05, 0) is 0 Å². The molecule has 1 heterocycles. The Balaban J connectivity index is 3.16. The van der Waals surface area contributed by atoms with Crippen molar-refractivity contribution >= 4 is 40.6 Å². The molecule has 0 spiro atoms. The van der Waals surface area contributed by atoms with Crippen molar-refractivity contribution in [3.63, 3.8) is 0 Å². The summed E-state index contributed by atoms with van der Waals surface area (Å²) >= 11 is 18.2. The number of nitrogens with zero attached hydrogens (tertiary/aromatic N) is 3. The number of rotatable bonds is 7. The number of hydrogen-bond acceptors (Lipinski definition) is 5. The van der Waals surface area contributed by atoms with Crippen molar-refractivity contribution in [2.45, 2.75) is 0 Å². The number of aromatic nitrogens is 1. The highest BCUT2D eigenvalue weighted by molar-refractivity contribution is 6.45. The molecule has 0 saturated carbocycles. The molecule has 1 aromatic heterocycles. The molecule has 20 heavy (non-hydrogen) atoms. The van der Waals surface area contributed by atoms with Crippen molar-refractivity contribution in [3.8, 4) is 6.07 Å². The lowest BCUT2D eigenvalue weighted by Gasteiger charge is -2.24. The predicted octanol–water partition coefficient (Wildman–Crippen LogP) is 3.01. The summed E-state index contributed by atoms with van der Waals surface area (Å²) in [6, 6.07) is 1.88. The third kappa shape index (κ3) is 4.11. The van der Waals surface area contributed by atoms with E-state index in [1.165, 1.54) is 0 Å². The van der Waals surface area contributed by atoms with Crippen LogP contribution in [0.4, 0.5) is 5.82 Å². The molecule has 1 rings (SSSR count). The summed E-state index contributed by atoms with van der Waals surface area (Å²) in [5.41, 5.74) is 0.0699. The Morgan fingerprint density at radius 2 is 1.65 bits per heavy atom. The van der Waals surface area contributed by atoms with E-state index in [-0.39, 0.29) is 20.8 Å². The van der Waals surface area contributed by atoms with E-state index in [2.05, 4.69) is 4.98 Å². The highest BCUT2D eigenvalue weighted by Crippen LogP contribution is 2.36. The van der Waals surface area contributed by atoms with Gasteiger partial charge in [0.15, 0.2) is 11.0 Å². The van der Waals surface area contributed by atoms with Crippen LogP contribution in [0.25, 0.3) is 0 Å². The molecule has 0 unspecified atom stereocenters. The van der Waals surface area contributed by atoms with Crippen LogP contribution in [0.15, 0.2) is 0 Å². The first-order chi connectivity index (χ1) is 9.56. The SMILES string of the molecule is COCCN(CCOC)c1nc(Cl)c(C#N)c(Cl)c1Cl. The molecule has 110 valence electrons. The summed E-state index contributed by atoms with van der Waals surface area (Å²) in [5, 5.41) is 9.28. The molecule has 8 heteroatoms. The van der Waals surface area contributed by atoms with Gasteiger partial charge in [-0.15, -0.1) is 0 Å². The third-order valence-electron chi connectivity index (χ3n) is 2.56. The molecular weight excluding hydrogens is 325 g/mol. The van der Waals surface area contributed by atoms with Crippen LogP contribution in [0.5, 0.6) is 0 Å². The van der Waals surface area contributed by atoms with E-state index in [4.69, 9.17) is 49.5 Å². The number of pyridine rings is 1. The van der Waals surface area contributed by atoms with Gasteiger partial charge in [0.2, 0.25) is 0 Å². The maximum atomic E-state index is 8.96. The molecule has 0 bridgehead atoms. The number of methoxy groups -OCH3 is 2. The highest BCUT2D eigenvalue weighted by atomic mass is 35.5. The van der Waals surface area contributed by atoms with Gasteiger partial charge < -0.3 is 14.4 Å². The number of ether oxygens (including phenoxy) is 2. The quantitative estimate of drug-likeness (QED) is 0.715. The van der Waals surface area contributed by atoms with Gasteiger partial charge in [-0.25, -0.2) is 4.98 Å². The molecular formula is C12H14Cl3N3O2. The Morgan fingerprint density at radius 1 is 1.10 bits per heavy atom. The van der Waals surface area contributed by atoms with E-state index < -0.39 is 0 Å². The van der Waals surface area contributed by atoms with E-state index >= 15 is 0 Å². The normalized spacial score (nSPS) is 10.4. The number of nitriles is 1. The zero-order chi connectivity index (χ0) is 15.1.